The van der Waals surface area contributed by atoms with Crippen LogP contribution in [-0.2, 0) is 9.84 Å². The van der Waals surface area contributed by atoms with Crippen LogP contribution < -0.4 is 0 Å². The van der Waals surface area contributed by atoms with Crippen molar-refractivity contribution in [3.8, 4) is 6.07 Å². The molecule has 1 rings (SSSR count). The minimum absolute atomic E-state index is 0.0790. The lowest BCUT2D eigenvalue weighted by Gasteiger charge is -2.15. The second-order valence-corrected chi connectivity index (χ2v) is 6.79. The summed E-state index contributed by atoms with van der Waals surface area (Å²) in [5.41, 5.74) is 0. The van der Waals surface area contributed by atoms with Crippen LogP contribution in [0.3, 0.4) is 0 Å². The van der Waals surface area contributed by atoms with Crippen molar-refractivity contribution in [1.29, 1.82) is 5.26 Å². The lowest BCUT2D eigenvalue weighted by Crippen LogP contribution is -2.25. The fourth-order valence-corrected chi connectivity index (χ4v) is 3.85. The molecule has 0 fully saturated rings. The molecule has 0 spiro atoms. The molecule has 6 heteroatoms. The van der Waals surface area contributed by atoms with E-state index in [1.807, 2.05) is 0 Å². The zero-order chi connectivity index (χ0) is 13.2. The monoisotopic (exact) mass is 291 g/mol. The minimum atomic E-state index is -3.78. The van der Waals surface area contributed by atoms with Crippen molar-refractivity contribution in [3.63, 3.8) is 0 Å². The largest absolute Gasteiger partial charge is 0.222 e. The maximum Gasteiger partial charge on any atom is 0.196 e. The zero-order valence-electron chi connectivity index (χ0n) is 9.31. The predicted octanol–water partition coefficient (Wildman–Crippen LogP) is 3.32. The Morgan fingerprint density at radius 3 is 2.35 bits per heavy atom. The van der Waals surface area contributed by atoms with E-state index in [9.17, 15) is 8.42 Å². The van der Waals surface area contributed by atoms with Crippen molar-refractivity contribution < 1.29 is 8.42 Å². The lowest BCUT2D eigenvalue weighted by molar-refractivity contribution is 0.563. The molecule has 0 aliphatic rings. The minimum Gasteiger partial charge on any atom is -0.222 e. The number of hydrogen-bond donors (Lipinski definition) is 0. The third-order valence-electron chi connectivity index (χ3n) is 2.27. The first-order valence-electron chi connectivity index (χ1n) is 4.89. The van der Waals surface area contributed by atoms with Crippen molar-refractivity contribution in [3.05, 3.63) is 28.2 Å². The van der Waals surface area contributed by atoms with Crippen LogP contribution in [0.1, 0.15) is 13.8 Å². The highest BCUT2D eigenvalue weighted by Crippen LogP contribution is 2.29. The molecule has 1 aromatic rings. The smallest absolute Gasteiger partial charge is 0.196 e. The highest BCUT2D eigenvalue weighted by atomic mass is 35.5. The van der Waals surface area contributed by atoms with Gasteiger partial charge in [0.1, 0.15) is 0 Å². The summed E-state index contributed by atoms with van der Waals surface area (Å²) in [6.07, 6.45) is 0. The molecule has 0 N–H and O–H groups in total. The highest BCUT2D eigenvalue weighted by Gasteiger charge is 2.32. The molecular formula is C11H11Cl2NO2S. The Kier molecular flexibility index (Phi) is 4.42. The Bertz CT molecular complexity index is 561. The summed E-state index contributed by atoms with van der Waals surface area (Å²) in [6, 6.07) is 5.97. The molecule has 0 aliphatic carbocycles. The van der Waals surface area contributed by atoms with Gasteiger partial charge in [-0.05, 0) is 24.1 Å². The molecule has 0 saturated carbocycles. The van der Waals surface area contributed by atoms with E-state index in [-0.39, 0.29) is 20.9 Å². The summed E-state index contributed by atoms with van der Waals surface area (Å²) in [5, 5.41) is 8.17. The second kappa shape index (κ2) is 5.26. The molecule has 17 heavy (non-hydrogen) atoms. The summed E-state index contributed by atoms with van der Waals surface area (Å²) in [4.78, 5) is -0.0908. The molecule has 0 heterocycles. The van der Waals surface area contributed by atoms with Crippen LogP contribution in [0.5, 0.6) is 0 Å². The molecule has 1 aromatic carbocycles. The molecule has 0 radical (unpaired) electrons. The standard InChI is InChI=1S/C11H11Cl2NO2S/c1-7(2)11(6-14)17(15,16)10-5-8(12)3-4-9(10)13/h3-5,7,11H,1-2H3. The molecule has 0 saturated heterocycles. The lowest BCUT2D eigenvalue weighted by atomic mass is 10.1. The van der Waals surface area contributed by atoms with Gasteiger partial charge >= 0.3 is 0 Å². The number of benzene rings is 1. The summed E-state index contributed by atoms with van der Waals surface area (Å²) in [5.74, 6) is -0.319. The van der Waals surface area contributed by atoms with E-state index in [2.05, 4.69) is 0 Å². The van der Waals surface area contributed by atoms with Gasteiger partial charge in [-0.15, -0.1) is 0 Å². The quantitative estimate of drug-likeness (QED) is 0.858. The van der Waals surface area contributed by atoms with E-state index in [1.165, 1.54) is 18.2 Å². The van der Waals surface area contributed by atoms with Crippen LogP contribution in [0.4, 0.5) is 0 Å². The van der Waals surface area contributed by atoms with Gasteiger partial charge in [-0.1, -0.05) is 37.0 Å². The Balaban J connectivity index is 3.41. The maximum absolute atomic E-state index is 12.2. The normalized spacial score (nSPS) is 13.4. The fraction of sp³-hybridized carbons (Fsp3) is 0.364. The average molecular weight is 292 g/mol. The molecule has 0 aromatic heterocycles. The van der Waals surface area contributed by atoms with E-state index in [4.69, 9.17) is 28.5 Å². The highest BCUT2D eigenvalue weighted by molar-refractivity contribution is 7.92. The van der Waals surface area contributed by atoms with Gasteiger partial charge in [-0.2, -0.15) is 5.26 Å². The first-order chi connectivity index (χ1) is 7.80. The number of nitriles is 1. The van der Waals surface area contributed by atoms with Gasteiger partial charge in [0.15, 0.2) is 15.1 Å². The van der Waals surface area contributed by atoms with Gasteiger partial charge in [0.05, 0.1) is 16.0 Å². The molecule has 1 unspecified atom stereocenters. The van der Waals surface area contributed by atoms with Crippen molar-refractivity contribution in [2.24, 2.45) is 5.92 Å². The molecule has 0 aliphatic heterocycles. The van der Waals surface area contributed by atoms with E-state index in [0.29, 0.717) is 0 Å². The van der Waals surface area contributed by atoms with E-state index < -0.39 is 15.1 Å². The van der Waals surface area contributed by atoms with Gasteiger partial charge in [-0.25, -0.2) is 8.42 Å². The van der Waals surface area contributed by atoms with Crippen molar-refractivity contribution in [2.75, 3.05) is 0 Å². The zero-order valence-corrected chi connectivity index (χ0v) is 11.6. The van der Waals surface area contributed by atoms with Crippen molar-refractivity contribution in [1.82, 2.24) is 0 Å². The summed E-state index contributed by atoms with van der Waals surface area (Å²) in [6.45, 7) is 3.34. The summed E-state index contributed by atoms with van der Waals surface area (Å²) < 4.78 is 24.4. The first kappa shape index (κ1) is 14.3. The van der Waals surface area contributed by atoms with Gasteiger partial charge < -0.3 is 0 Å². The van der Waals surface area contributed by atoms with E-state index in [0.717, 1.165) is 0 Å². The Labute approximate surface area is 111 Å². The van der Waals surface area contributed by atoms with Crippen LogP contribution in [0.25, 0.3) is 0 Å². The number of halogens is 2. The molecule has 0 amide bonds. The van der Waals surface area contributed by atoms with Gasteiger partial charge in [0, 0.05) is 5.02 Å². The Hall–Kier alpha value is -0.760. The van der Waals surface area contributed by atoms with Crippen LogP contribution in [-0.4, -0.2) is 13.7 Å². The van der Waals surface area contributed by atoms with Crippen molar-refractivity contribution in [2.45, 2.75) is 24.0 Å². The SMILES string of the molecule is CC(C)C(C#N)S(=O)(=O)c1cc(Cl)ccc1Cl. The van der Waals surface area contributed by atoms with E-state index in [1.54, 1.807) is 19.9 Å². The van der Waals surface area contributed by atoms with Crippen LogP contribution in [0, 0.1) is 17.2 Å². The molecule has 92 valence electrons. The second-order valence-electron chi connectivity index (χ2n) is 3.91. The van der Waals surface area contributed by atoms with Crippen LogP contribution in [0.2, 0.25) is 10.0 Å². The van der Waals surface area contributed by atoms with Crippen molar-refractivity contribution >= 4 is 33.0 Å². The third-order valence-corrected chi connectivity index (χ3v) is 5.21. The molecule has 0 bridgehead atoms. The fourth-order valence-electron chi connectivity index (χ4n) is 1.41. The van der Waals surface area contributed by atoms with Gasteiger partial charge in [0.25, 0.3) is 0 Å². The summed E-state index contributed by atoms with van der Waals surface area (Å²) >= 11 is 11.6. The molecule has 3 nitrogen and oxygen atoms in total. The predicted molar refractivity (Wildman–Crippen MR) is 67.9 cm³/mol. The number of nitrogens with zero attached hydrogens (tertiary/aromatic N) is 1. The Morgan fingerprint density at radius 2 is 1.88 bits per heavy atom. The molecule has 1 atom stereocenters. The van der Waals surface area contributed by atoms with Crippen LogP contribution >= 0.6 is 23.2 Å². The summed E-state index contributed by atoms with van der Waals surface area (Å²) in [7, 11) is -3.78. The number of hydrogen-bond acceptors (Lipinski definition) is 3. The van der Waals surface area contributed by atoms with Gasteiger partial charge in [-0.3, -0.25) is 0 Å². The van der Waals surface area contributed by atoms with Gasteiger partial charge in [0.2, 0.25) is 0 Å². The number of sulfone groups is 1. The Morgan fingerprint density at radius 1 is 1.29 bits per heavy atom. The topological polar surface area (TPSA) is 57.9 Å². The average Bonchev–Trinajstić information content (AvgIpc) is 2.21. The molecular weight excluding hydrogens is 281 g/mol. The van der Waals surface area contributed by atoms with Crippen LogP contribution in [0.15, 0.2) is 23.1 Å². The number of rotatable bonds is 3. The first-order valence-corrected chi connectivity index (χ1v) is 7.19. The maximum atomic E-state index is 12.2. The third kappa shape index (κ3) is 2.92. The van der Waals surface area contributed by atoms with E-state index >= 15 is 0 Å².